The lowest BCUT2D eigenvalue weighted by molar-refractivity contribution is -0.121. The van der Waals surface area contributed by atoms with Gasteiger partial charge in [-0.15, -0.1) is 0 Å². The number of hydrogen-bond acceptors (Lipinski definition) is 5. The van der Waals surface area contributed by atoms with Crippen molar-refractivity contribution in [1.29, 1.82) is 0 Å². The van der Waals surface area contributed by atoms with Crippen molar-refractivity contribution in [3.8, 4) is 0 Å². The van der Waals surface area contributed by atoms with E-state index in [0.29, 0.717) is 31.9 Å². The highest BCUT2D eigenvalue weighted by molar-refractivity contribution is 5.92. The van der Waals surface area contributed by atoms with E-state index in [2.05, 4.69) is 22.2 Å². The summed E-state index contributed by atoms with van der Waals surface area (Å²) in [5.41, 5.74) is 0.309. The summed E-state index contributed by atoms with van der Waals surface area (Å²) in [6.07, 6.45) is 7.77. The summed E-state index contributed by atoms with van der Waals surface area (Å²) >= 11 is 0. The number of rotatable bonds is 11. The first kappa shape index (κ1) is 19.0. The maximum atomic E-state index is 12.5. The van der Waals surface area contributed by atoms with Crippen LogP contribution in [0.5, 0.6) is 0 Å². The Bertz CT molecular complexity index is 468. The number of aromatic nitrogens is 2. The monoisotopic (exact) mass is 322 g/mol. The van der Waals surface area contributed by atoms with E-state index in [0.717, 1.165) is 19.3 Å². The van der Waals surface area contributed by atoms with Crippen LogP contribution in [0, 0.1) is 0 Å². The number of ether oxygens (including phenoxy) is 1. The molecule has 0 atom stereocenters. The maximum Gasteiger partial charge on any atom is 0.274 e. The molecular weight excluding hydrogens is 296 g/mol. The summed E-state index contributed by atoms with van der Waals surface area (Å²) in [6.45, 7) is 4.05. The Hall–Kier alpha value is -2.02. The molecule has 0 fully saturated rings. The predicted octanol–water partition coefficient (Wildman–Crippen LogP) is 1.26. The Morgan fingerprint density at radius 3 is 2.74 bits per heavy atom. The Morgan fingerprint density at radius 1 is 1.26 bits per heavy atom. The van der Waals surface area contributed by atoms with E-state index in [9.17, 15) is 9.59 Å². The first-order chi connectivity index (χ1) is 11.2. The third-order valence-electron chi connectivity index (χ3n) is 3.34. The molecule has 0 saturated carbocycles. The molecule has 0 aliphatic heterocycles. The first-order valence-electron chi connectivity index (χ1n) is 8.00. The summed E-state index contributed by atoms with van der Waals surface area (Å²) in [7, 11) is 1.58. The lowest BCUT2D eigenvalue weighted by Crippen LogP contribution is -2.37. The largest absolute Gasteiger partial charge is 0.383 e. The van der Waals surface area contributed by atoms with E-state index in [4.69, 9.17) is 4.74 Å². The molecule has 1 heterocycles. The van der Waals surface area contributed by atoms with Crippen molar-refractivity contribution >= 4 is 11.8 Å². The number of nitrogens with one attached hydrogen (secondary N) is 1. The fourth-order valence-corrected chi connectivity index (χ4v) is 2.06. The van der Waals surface area contributed by atoms with Crippen molar-refractivity contribution in [2.45, 2.75) is 32.6 Å². The normalized spacial score (nSPS) is 10.3. The Labute approximate surface area is 137 Å². The molecule has 0 radical (unpaired) electrons. The molecule has 0 aliphatic carbocycles. The number of amides is 2. The molecule has 2 amide bonds. The molecule has 0 aromatic carbocycles. The number of hydrogen-bond donors (Lipinski definition) is 1. The minimum absolute atomic E-state index is 0.0884. The first-order valence-corrected chi connectivity index (χ1v) is 8.00. The van der Waals surface area contributed by atoms with Crippen molar-refractivity contribution in [3.63, 3.8) is 0 Å². The van der Waals surface area contributed by atoms with Crippen molar-refractivity contribution in [2.75, 3.05) is 33.4 Å². The van der Waals surface area contributed by atoms with Crippen molar-refractivity contribution in [1.82, 2.24) is 20.2 Å². The number of methoxy groups -OCH3 is 1. The standard InChI is InChI=1S/C16H26N4O3/c1-3-4-5-10-20(11-6-15(21)19-9-12-23-2)16(22)14-13-17-7-8-18-14/h7-8,13H,3-6,9-12H2,1-2H3,(H,19,21). The zero-order chi connectivity index (χ0) is 16.9. The zero-order valence-electron chi connectivity index (χ0n) is 14.0. The second kappa shape index (κ2) is 11.5. The van der Waals surface area contributed by atoms with Gasteiger partial charge >= 0.3 is 0 Å². The quantitative estimate of drug-likeness (QED) is 0.620. The second-order valence-corrected chi connectivity index (χ2v) is 5.18. The highest BCUT2D eigenvalue weighted by Gasteiger charge is 2.17. The minimum atomic E-state index is -0.182. The molecule has 1 aromatic rings. The van der Waals surface area contributed by atoms with Gasteiger partial charge in [0.25, 0.3) is 5.91 Å². The lowest BCUT2D eigenvalue weighted by Gasteiger charge is -2.22. The molecule has 1 aromatic heterocycles. The molecule has 1 rings (SSSR count). The van der Waals surface area contributed by atoms with Gasteiger partial charge in [-0.2, -0.15) is 0 Å². The van der Waals surface area contributed by atoms with Gasteiger partial charge in [0.15, 0.2) is 0 Å². The fourth-order valence-electron chi connectivity index (χ4n) is 2.06. The Kier molecular flexibility index (Phi) is 9.54. The van der Waals surface area contributed by atoms with E-state index in [1.807, 2.05) is 0 Å². The van der Waals surface area contributed by atoms with Crippen molar-refractivity contribution in [3.05, 3.63) is 24.3 Å². The highest BCUT2D eigenvalue weighted by atomic mass is 16.5. The van der Waals surface area contributed by atoms with Crippen LogP contribution in [-0.4, -0.2) is 60.0 Å². The van der Waals surface area contributed by atoms with Gasteiger partial charge in [0.05, 0.1) is 12.8 Å². The third-order valence-corrected chi connectivity index (χ3v) is 3.34. The third kappa shape index (κ3) is 7.69. The van der Waals surface area contributed by atoms with Crippen LogP contribution in [0.3, 0.4) is 0 Å². The van der Waals surface area contributed by atoms with E-state index < -0.39 is 0 Å². The molecule has 0 spiro atoms. The predicted molar refractivity (Wildman–Crippen MR) is 87.0 cm³/mol. The molecule has 23 heavy (non-hydrogen) atoms. The summed E-state index contributed by atoms with van der Waals surface area (Å²) in [4.78, 5) is 33.9. The van der Waals surface area contributed by atoms with Crippen LogP contribution in [0.2, 0.25) is 0 Å². The van der Waals surface area contributed by atoms with Gasteiger partial charge < -0.3 is 15.0 Å². The van der Waals surface area contributed by atoms with Crippen LogP contribution in [0.15, 0.2) is 18.6 Å². The van der Waals surface area contributed by atoms with Crippen LogP contribution in [0.1, 0.15) is 43.1 Å². The summed E-state index contributed by atoms with van der Waals surface area (Å²) in [5, 5.41) is 2.76. The molecular formula is C16H26N4O3. The molecule has 7 nitrogen and oxygen atoms in total. The van der Waals surface area contributed by atoms with Crippen LogP contribution in [0.25, 0.3) is 0 Å². The molecule has 0 saturated heterocycles. The molecule has 128 valence electrons. The van der Waals surface area contributed by atoms with Gasteiger partial charge in [-0.1, -0.05) is 19.8 Å². The molecule has 7 heteroatoms. The van der Waals surface area contributed by atoms with E-state index in [1.54, 1.807) is 12.0 Å². The fraction of sp³-hybridized carbons (Fsp3) is 0.625. The van der Waals surface area contributed by atoms with Crippen LogP contribution >= 0.6 is 0 Å². The SMILES string of the molecule is CCCCCN(CCC(=O)NCCOC)C(=O)c1cnccn1. The van der Waals surface area contributed by atoms with E-state index in [-0.39, 0.29) is 18.2 Å². The summed E-state index contributed by atoms with van der Waals surface area (Å²) in [5.74, 6) is -0.270. The van der Waals surface area contributed by atoms with Crippen LogP contribution < -0.4 is 5.32 Å². The minimum Gasteiger partial charge on any atom is -0.383 e. The van der Waals surface area contributed by atoms with Crippen molar-refractivity contribution in [2.24, 2.45) is 0 Å². The van der Waals surface area contributed by atoms with Gasteiger partial charge in [0, 0.05) is 45.6 Å². The van der Waals surface area contributed by atoms with Crippen molar-refractivity contribution < 1.29 is 14.3 Å². The molecule has 1 N–H and O–H groups in total. The van der Waals surface area contributed by atoms with E-state index >= 15 is 0 Å². The highest BCUT2D eigenvalue weighted by Crippen LogP contribution is 2.05. The van der Waals surface area contributed by atoms with Crippen LogP contribution in [-0.2, 0) is 9.53 Å². The number of carbonyl (C=O) groups excluding carboxylic acids is 2. The summed E-state index contributed by atoms with van der Waals surface area (Å²) in [6, 6.07) is 0. The molecule has 0 bridgehead atoms. The van der Waals surface area contributed by atoms with Gasteiger partial charge in [-0.05, 0) is 6.42 Å². The van der Waals surface area contributed by atoms with E-state index in [1.165, 1.54) is 18.6 Å². The topological polar surface area (TPSA) is 84.4 Å². The smallest absolute Gasteiger partial charge is 0.274 e. The van der Waals surface area contributed by atoms with Gasteiger partial charge in [0.1, 0.15) is 5.69 Å². The van der Waals surface area contributed by atoms with Crippen LogP contribution in [0.4, 0.5) is 0 Å². The Balaban J connectivity index is 2.54. The number of carbonyl (C=O) groups is 2. The lowest BCUT2D eigenvalue weighted by atomic mass is 10.2. The molecule has 0 aliphatic rings. The average molecular weight is 322 g/mol. The Morgan fingerprint density at radius 2 is 2.09 bits per heavy atom. The average Bonchev–Trinajstić information content (AvgIpc) is 2.58. The van der Waals surface area contributed by atoms with Gasteiger partial charge in [0.2, 0.25) is 5.91 Å². The second-order valence-electron chi connectivity index (χ2n) is 5.18. The summed E-state index contributed by atoms with van der Waals surface area (Å²) < 4.78 is 4.88. The number of nitrogens with zero attached hydrogens (tertiary/aromatic N) is 3. The number of unbranched alkanes of at least 4 members (excludes halogenated alkanes) is 2. The van der Waals surface area contributed by atoms with Gasteiger partial charge in [-0.25, -0.2) is 4.98 Å². The molecule has 0 unspecified atom stereocenters. The zero-order valence-corrected chi connectivity index (χ0v) is 14.0. The van der Waals surface area contributed by atoms with Gasteiger partial charge in [-0.3, -0.25) is 14.6 Å². The maximum absolute atomic E-state index is 12.5.